The zero-order chi connectivity index (χ0) is 12.3. The minimum atomic E-state index is -0.423. The van der Waals surface area contributed by atoms with Gasteiger partial charge in [0.2, 0.25) is 5.91 Å². The lowest BCUT2D eigenvalue weighted by atomic mass is 9.89. The quantitative estimate of drug-likeness (QED) is 0.896. The summed E-state index contributed by atoms with van der Waals surface area (Å²) in [5.74, 6) is -0.401. The minimum Gasteiger partial charge on any atom is -0.325 e. The number of anilines is 1. The molecule has 1 N–H and O–H groups in total. The molecule has 0 atom stereocenters. The average Bonchev–Trinajstić information content (AvgIpc) is 2.22. The molecule has 2 nitrogen and oxygen atoms in total. The van der Waals surface area contributed by atoms with E-state index in [9.17, 15) is 9.18 Å². The Kier molecular flexibility index (Phi) is 4.08. The van der Waals surface area contributed by atoms with Crippen LogP contribution in [-0.4, -0.2) is 5.91 Å². The Morgan fingerprint density at radius 1 is 1.50 bits per heavy atom. The molecule has 4 heteroatoms. The van der Waals surface area contributed by atoms with Gasteiger partial charge < -0.3 is 5.32 Å². The maximum atomic E-state index is 12.8. The van der Waals surface area contributed by atoms with Crippen molar-refractivity contribution >= 4 is 27.5 Å². The van der Waals surface area contributed by atoms with E-state index < -0.39 is 5.41 Å². The molecule has 0 spiro atoms. The second kappa shape index (κ2) is 4.95. The number of carbonyl (C=O) groups excluding carboxylic acids is 1. The first-order valence-corrected chi connectivity index (χ1v) is 5.92. The van der Waals surface area contributed by atoms with Crippen LogP contribution in [0, 0.1) is 11.2 Å². The summed E-state index contributed by atoms with van der Waals surface area (Å²) in [5, 5.41) is 2.78. The monoisotopic (exact) mass is 287 g/mol. The van der Waals surface area contributed by atoms with Crippen molar-refractivity contribution in [3.05, 3.63) is 28.5 Å². The lowest BCUT2D eigenvalue weighted by Gasteiger charge is -2.21. The van der Waals surface area contributed by atoms with Crippen LogP contribution in [0.25, 0.3) is 0 Å². The SMILES string of the molecule is CCC(C)(C)C(=O)Nc1ccc(F)cc1Br. The van der Waals surface area contributed by atoms with Gasteiger partial charge in [-0.2, -0.15) is 0 Å². The molecular formula is C12H15BrFNO. The van der Waals surface area contributed by atoms with Crippen molar-refractivity contribution in [3.8, 4) is 0 Å². The van der Waals surface area contributed by atoms with Crippen molar-refractivity contribution in [2.75, 3.05) is 5.32 Å². The molecule has 16 heavy (non-hydrogen) atoms. The largest absolute Gasteiger partial charge is 0.325 e. The second-order valence-corrected chi connectivity index (χ2v) is 5.17. The molecule has 0 heterocycles. The van der Waals surface area contributed by atoms with Crippen LogP contribution in [0.15, 0.2) is 22.7 Å². The summed E-state index contributed by atoms with van der Waals surface area (Å²) >= 11 is 3.21. The highest BCUT2D eigenvalue weighted by molar-refractivity contribution is 9.10. The molecule has 88 valence electrons. The van der Waals surface area contributed by atoms with Gasteiger partial charge in [-0.1, -0.05) is 20.8 Å². The molecule has 1 aromatic rings. The molecule has 0 saturated heterocycles. The van der Waals surface area contributed by atoms with Crippen LogP contribution in [-0.2, 0) is 4.79 Å². The molecule has 0 radical (unpaired) electrons. The van der Waals surface area contributed by atoms with Gasteiger partial charge in [0.1, 0.15) is 5.82 Å². The standard InChI is InChI=1S/C12H15BrFNO/c1-4-12(2,3)11(16)15-10-6-5-8(14)7-9(10)13/h5-7H,4H2,1-3H3,(H,15,16). The van der Waals surface area contributed by atoms with Crippen molar-refractivity contribution in [2.45, 2.75) is 27.2 Å². The number of hydrogen-bond donors (Lipinski definition) is 1. The zero-order valence-electron chi connectivity index (χ0n) is 9.60. The summed E-state index contributed by atoms with van der Waals surface area (Å²) in [6, 6.07) is 4.19. The molecule has 0 aliphatic rings. The first-order chi connectivity index (χ1) is 7.36. The van der Waals surface area contributed by atoms with Gasteiger partial charge >= 0.3 is 0 Å². The van der Waals surface area contributed by atoms with Gasteiger partial charge in [-0.25, -0.2) is 4.39 Å². The topological polar surface area (TPSA) is 29.1 Å². The number of carbonyl (C=O) groups is 1. The Hall–Kier alpha value is -0.900. The first-order valence-electron chi connectivity index (χ1n) is 5.13. The Morgan fingerprint density at radius 2 is 2.12 bits per heavy atom. The fraction of sp³-hybridized carbons (Fsp3) is 0.417. The number of nitrogens with one attached hydrogen (secondary N) is 1. The first kappa shape index (κ1) is 13.2. The fourth-order valence-electron chi connectivity index (χ4n) is 1.04. The molecule has 0 aromatic heterocycles. The predicted molar refractivity (Wildman–Crippen MR) is 66.8 cm³/mol. The van der Waals surface area contributed by atoms with Gasteiger partial charge in [0.15, 0.2) is 0 Å². The molecule has 0 unspecified atom stereocenters. The van der Waals surface area contributed by atoms with Crippen LogP contribution in [0.5, 0.6) is 0 Å². The molecule has 0 aliphatic heterocycles. The summed E-state index contributed by atoms with van der Waals surface area (Å²) in [6.45, 7) is 5.71. The Balaban J connectivity index is 2.85. The van der Waals surface area contributed by atoms with Gasteiger partial charge in [0, 0.05) is 9.89 Å². The number of amides is 1. The second-order valence-electron chi connectivity index (χ2n) is 4.32. The highest BCUT2D eigenvalue weighted by Crippen LogP contribution is 2.27. The van der Waals surface area contributed by atoms with E-state index in [1.807, 2.05) is 20.8 Å². The van der Waals surface area contributed by atoms with Gasteiger partial charge in [-0.15, -0.1) is 0 Å². The average molecular weight is 288 g/mol. The van der Waals surface area contributed by atoms with Crippen molar-refractivity contribution in [2.24, 2.45) is 5.41 Å². The van der Waals surface area contributed by atoms with Crippen LogP contribution in [0.1, 0.15) is 27.2 Å². The van der Waals surface area contributed by atoms with Gasteiger partial charge in [0.05, 0.1) is 5.69 Å². The lowest BCUT2D eigenvalue weighted by Crippen LogP contribution is -2.30. The lowest BCUT2D eigenvalue weighted by molar-refractivity contribution is -0.124. The van der Waals surface area contributed by atoms with E-state index in [0.717, 1.165) is 6.42 Å². The van der Waals surface area contributed by atoms with E-state index >= 15 is 0 Å². The Bertz CT molecular complexity index is 404. The van der Waals surface area contributed by atoms with E-state index in [1.54, 1.807) is 6.07 Å². The molecule has 0 fully saturated rings. The summed E-state index contributed by atoms with van der Waals surface area (Å²) in [7, 11) is 0. The van der Waals surface area contributed by atoms with Crippen LogP contribution in [0.2, 0.25) is 0 Å². The van der Waals surface area contributed by atoms with Gasteiger partial charge in [0.25, 0.3) is 0 Å². The van der Waals surface area contributed by atoms with Crippen molar-refractivity contribution < 1.29 is 9.18 Å². The highest BCUT2D eigenvalue weighted by atomic mass is 79.9. The van der Waals surface area contributed by atoms with E-state index in [4.69, 9.17) is 0 Å². The van der Waals surface area contributed by atoms with E-state index in [-0.39, 0.29) is 11.7 Å². The Labute approximate surface area is 103 Å². The fourth-order valence-corrected chi connectivity index (χ4v) is 1.49. The predicted octanol–water partition coefficient (Wildman–Crippen LogP) is 3.96. The Morgan fingerprint density at radius 3 is 2.62 bits per heavy atom. The molecule has 0 saturated carbocycles. The van der Waals surface area contributed by atoms with Gasteiger partial charge in [-0.05, 0) is 40.5 Å². The zero-order valence-corrected chi connectivity index (χ0v) is 11.2. The molecule has 0 bridgehead atoms. The normalized spacial score (nSPS) is 11.3. The van der Waals surface area contributed by atoms with Crippen molar-refractivity contribution in [1.29, 1.82) is 0 Å². The maximum Gasteiger partial charge on any atom is 0.230 e. The van der Waals surface area contributed by atoms with E-state index in [1.165, 1.54) is 12.1 Å². The smallest absolute Gasteiger partial charge is 0.230 e. The van der Waals surface area contributed by atoms with Crippen LogP contribution in [0.4, 0.5) is 10.1 Å². The van der Waals surface area contributed by atoms with Gasteiger partial charge in [-0.3, -0.25) is 4.79 Å². The maximum absolute atomic E-state index is 12.8. The molecular weight excluding hydrogens is 273 g/mol. The summed E-state index contributed by atoms with van der Waals surface area (Å²) in [6.07, 6.45) is 0.748. The van der Waals surface area contributed by atoms with E-state index in [2.05, 4.69) is 21.2 Å². The number of benzene rings is 1. The number of rotatable bonds is 3. The van der Waals surface area contributed by atoms with Crippen LogP contribution < -0.4 is 5.32 Å². The third-order valence-electron chi connectivity index (χ3n) is 2.68. The summed E-state index contributed by atoms with van der Waals surface area (Å²) in [4.78, 5) is 11.9. The molecule has 0 aliphatic carbocycles. The van der Waals surface area contributed by atoms with Crippen molar-refractivity contribution in [1.82, 2.24) is 0 Å². The minimum absolute atomic E-state index is 0.0673. The third kappa shape index (κ3) is 3.04. The van der Waals surface area contributed by atoms with Crippen LogP contribution >= 0.6 is 15.9 Å². The van der Waals surface area contributed by atoms with Crippen molar-refractivity contribution in [3.63, 3.8) is 0 Å². The third-order valence-corrected chi connectivity index (χ3v) is 3.33. The number of hydrogen-bond acceptors (Lipinski definition) is 1. The molecule has 1 rings (SSSR count). The van der Waals surface area contributed by atoms with E-state index in [0.29, 0.717) is 10.2 Å². The molecule has 1 amide bonds. The highest BCUT2D eigenvalue weighted by Gasteiger charge is 2.25. The number of halogens is 2. The molecule has 1 aromatic carbocycles. The van der Waals surface area contributed by atoms with Crippen LogP contribution in [0.3, 0.4) is 0 Å². The summed E-state index contributed by atoms with van der Waals surface area (Å²) in [5.41, 5.74) is 0.168. The summed E-state index contributed by atoms with van der Waals surface area (Å²) < 4.78 is 13.4.